The highest BCUT2D eigenvalue weighted by atomic mass is 28.3. The van der Waals surface area contributed by atoms with Gasteiger partial charge in [-0.05, 0) is 38.5 Å². The Bertz CT molecular complexity index is 427. The summed E-state index contributed by atoms with van der Waals surface area (Å²) in [6, 6.07) is 0. The van der Waals surface area contributed by atoms with E-state index in [0.717, 1.165) is 0 Å². The summed E-state index contributed by atoms with van der Waals surface area (Å²) in [5.41, 5.74) is 0. The van der Waals surface area contributed by atoms with Crippen LogP contribution in [0.5, 0.6) is 0 Å². The molecule has 0 N–H and O–H groups in total. The maximum Gasteiger partial charge on any atom is 0.0720 e. The normalized spacial score (nSPS) is 26.1. The minimum Gasteiger partial charge on any atom is -0.0889 e. The number of allylic oxidation sites excluding steroid dienone is 6. The van der Waals surface area contributed by atoms with Gasteiger partial charge >= 0.3 is 0 Å². The zero-order chi connectivity index (χ0) is 18.6. The monoisotopic (exact) mass is 378 g/mol. The molecule has 0 aromatic rings. The average molecular weight is 379 g/mol. The van der Waals surface area contributed by atoms with Gasteiger partial charge in [0.05, 0.1) is 24.2 Å². The molecule has 0 saturated heterocycles. The molecule has 0 fully saturated rings. The molecule has 1 rings (SSSR count). The summed E-state index contributed by atoms with van der Waals surface area (Å²) in [5, 5.41) is 5.39. The lowest BCUT2D eigenvalue weighted by molar-refractivity contribution is 0.922. The van der Waals surface area contributed by atoms with Gasteiger partial charge in [-0.2, -0.15) is 0 Å². The molecule has 138 valence electrons. The molecule has 24 heavy (non-hydrogen) atoms. The van der Waals surface area contributed by atoms with Crippen molar-refractivity contribution in [2.24, 2.45) is 0 Å². The van der Waals surface area contributed by atoms with E-state index in [4.69, 9.17) is 0 Å². The van der Waals surface area contributed by atoms with Crippen LogP contribution < -0.4 is 0 Å². The summed E-state index contributed by atoms with van der Waals surface area (Å²) < 4.78 is 0. The summed E-state index contributed by atoms with van der Waals surface area (Å²) >= 11 is 0. The number of hydrogen-bond acceptors (Lipinski definition) is 0. The maximum absolute atomic E-state index is 2.63. The fourth-order valence-corrected chi connectivity index (χ4v) is 8.51. The van der Waals surface area contributed by atoms with E-state index in [0.29, 0.717) is 0 Å². The fraction of sp³-hybridized carbons (Fsp3) is 0.714. The van der Waals surface area contributed by atoms with E-state index in [2.05, 4.69) is 77.2 Å². The quantitative estimate of drug-likeness (QED) is 0.440. The summed E-state index contributed by atoms with van der Waals surface area (Å²) in [5.74, 6) is 0. The summed E-state index contributed by atoms with van der Waals surface area (Å²) in [7, 11) is -3.54. The van der Waals surface area contributed by atoms with Gasteiger partial charge in [0.1, 0.15) is 0 Å². The molecule has 0 saturated carbocycles. The molecule has 0 unspecified atom stereocenters. The Hall–Kier alpha value is -0.129. The van der Waals surface area contributed by atoms with Crippen molar-refractivity contribution in [3.05, 3.63) is 33.8 Å². The Morgan fingerprint density at radius 3 is 0.833 bits per heavy atom. The van der Waals surface area contributed by atoms with Crippen molar-refractivity contribution < 1.29 is 0 Å². The van der Waals surface area contributed by atoms with Crippen LogP contribution in [-0.2, 0) is 0 Å². The smallest absolute Gasteiger partial charge is 0.0720 e. The minimum absolute atomic E-state index is 1.18. The van der Waals surface area contributed by atoms with Gasteiger partial charge in [-0.1, -0.05) is 92.7 Å². The van der Waals surface area contributed by atoms with Crippen molar-refractivity contribution in [3.63, 3.8) is 0 Å². The highest BCUT2D eigenvalue weighted by Gasteiger charge is 2.23. The van der Waals surface area contributed by atoms with E-state index in [1.807, 2.05) is 0 Å². The van der Waals surface area contributed by atoms with Gasteiger partial charge in [-0.25, -0.2) is 0 Å². The van der Waals surface area contributed by atoms with Gasteiger partial charge in [0, 0.05) is 0 Å². The van der Waals surface area contributed by atoms with Crippen molar-refractivity contribution in [2.75, 3.05) is 0 Å². The van der Waals surface area contributed by atoms with Crippen LogP contribution in [0.4, 0.5) is 0 Å². The number of hydrogen-bond donors (Lipinski definition) is 0. The Morgan fingerprint density at radius 2 is 0.667 bits per heavy atom. The molecule has 1 aliphatic carbocycles. The van der Waals surface area contributed by atoms with E-state index in [1.165, 1.54) is 38.5 Å². The van der Waals surface area contributed by atoms with Crippen LogP contribution in [0.1, 0.15) is 38.5 Å². The van der Waals surface area contributed by atoms with Crippen molar-refractivity contribution in [1.29, 1.82) is 0 Å². The first kappa shape index (κ1) is 21.9. The van der Waals surface area contributed by atoms with E-state index in [1.54, 1.807) is 15.6 Å². The molecule has 0 spiro atoms. The Labute approximate surface area is 155 Å². The molecule has 1 aliphatic rings. The van der Waals surface area contributed by atoms with Crippen LogP contribution in [-0.4, -0.2) is 24.2 Å². The van der Waals surface area contributed by atoms with E-state index < -0.39 is 24.2 Å². The van der Waals surface area contributed by atoms with Crippen molar-refractivity contribution in [3.8, 4) is 0 Å². The van der Waals surface area contributed by atoms with Gasteiger partial charge in [0.2, 0.25) is 0 Å². The van der Waals surface area contributed by atoms with Crippen LogP contribution in [0.15, 0.2) is 33.8 Å². The van der Waals surface area contributed by atoms with Gasteiger partial charge in [-0.3, -0.25) is 0 Å². The Balaban J connectivity index is 3.16. The molecular weight excluding hydrogens is 336 g/mol. The third-order valence-electron chi connectivity index (χ3n) is 5.30. The lowest BCUT2D eigenvalue weighted by atomic mass is 10.1. The molecule has 0 bridgehead atoms. The van der Waals surface area contributed by atoms with Crippen molar-refractivity contribution >= 4 is 24.2 Å². The predicted molar refractivity (Wildman–Crippen MR) is 122 cm³/mol. The standard InChI is InChI=1S/C21H42Si3/c1-22(2,3)19-13-10-15-20(23(4,5)6)17-12-18-21(16-11-14-19)24(7,8)9/h13,16-17H,10-12,14-15,18H2,1-9H3/b19-13+,20-17+,21-16+. The number of rotatable bonds is 3. The van der Waals surface area contributed by atoms with E-state index in [-0.39, 0.29) is 0 Å². The summed E-state index contributed by atoms with van der Waals surface area (Å²) in [6.45, 7) is 22.7. The van der Waals surface area contributed by atoms with Gasteiger partial charge in [-0.15, -0.1) is 0 Å². The second kappa shape index (κ2) is 8.50. The fourth-order valence-electron chi connectivity index (χ4n) is 3.56. The molecule has 0 atom stereocenters. The zero-order valence-corrected chi connectivity index (χ0v) is 21.0. The predicted octanol–water partition coefficient (Wildman–Crippen LogP) is 7.75. The Morgan fingerprint density at radius 1 is 0.458 bits per heavy atom. The summed E-state index contributed by atoms with van der Waals surface area (Å²) in [6.07, 6.45) is 15.6. The third-order valence-corrected chi connectivity index (χ3v) is 12.4. The van der Waals surface area contributed by atoms with Crippen LogP contribution in [0.3, 0.4) is 0 Å². The third kappa shape index (κ3) is 7.40. The first-order valence-electron chi connectivity index (χ1n) is 9.90. The Kier molecular flexibility index (Phi) is 7.76. The first-order valence-corrected chi connectivity index (χ1v) is 20.4. The van der Waals surface area contributed by atoms with Crippen LogP contribution in [0, 0.1) is 0 Å². The summed E-state index contributed by atoms with van der Waals surface area (Å²) in [4.78, 5) is 0. The topological polar surface area (TPSA) is 0 Å². The lowest BCUT2D eigenvalue weighted by Crippen LogP contribution is -2.26. The molecule has 3 heteroatoms. The molecule has 0 nitrogen and oxygen atoms in total. The van der Waals surface area contributed by atoms with Crippen LogP contribution >= 0.6 is 0 Å². The van der Waals surface area contributed by atoms with Gasteiger partial charge in [0.15, 0.2) is 0 Å². The van der Waals surface area contributed by atoms with Crippen molar-refractivity contribution in [1.82, 2.24) is 0 Å². The van der Waals surface area contributed by atoms with E-state index >= 15 is 0 Å². The van der Waals surface area contributed by atoms with Crippen molar-refractivity contribution in [2.45, 2.75) is 97.4 Å². The van der Waals surface area contributed by atoms with Gasteiger partial charge in [0.25, 0.3) is 0 Å². The average Bonchev–Trinajstić information content (AvgIpc) is 2.34. The molecule has 0 radical (unpaired) electrons. The molecule has 0 amide bonds. The minimum atomic E-state index is -1.18. The second-order valence-corrected chi connectivity index (χ2v) is 26.0. The lowest BCUT2D eigenvalue weighted by Gasteiger charge is -2.26. The molecular formula is C21H42Si3. The van der Waals surface area contributed by atoms with Crippen LogP contribution in [0.25, 0.3) is 0 Å². The van der Waals surface area contributed by atoms with E-state index in [9.17, 15) is 0 Å². The van der Waals surface area contributed by atoms with Crippen LogP contribution in [0.2, 0.25) is 58.9 Å². The zero-order valence-electron chi connectivity index (χ0n) is 18.0. The molecule has 0 aliphatic heterocycles. The SMILES string of the molecule is C[Si](C)(C)/C1=C/CC/C([Si](C)(C)C)=C\CC/C([Si](C)(C)C)=C\CC1. The maximum atomic E-state index is 2.63. The highest BCUT2D eigenvalue weighted by Crippen LogP contribution is 2.28. The molecule has 0 aromatic heterocycles. The largest absolute Gasteiger partial charge is 0.0889 e. The highest BCUT2D eigenvalue weighted by molar-refractivity contribution is 6.84. The molecule has 0 aromatic carbocycles. The first-order chi connectivity index (χ1) is 10.8. The molecule has 0 heterocycles. The second-order valence-electron chi connectivity index (χ2n) is 10.6. The van der Waals surface area contributed by atoms with Gasteiger partial charge < -0.3 is 0 Å².